The Morgan fingerprint density at radius 2 is 1.81 bits per heavy atom. The molecule has 1 aliphatic heterocycles. The molecule has 1 heterocycles. The Morgan fingerprint density at radius 1 is 1.12 bits per heavy atom. The minimum Gasteiger partial charge on any atom is -0.507 e. The van der Waals surface area contributed by atoms with Crippen molar-refractivity contribution < 1.29 is 19.4 Å². The number of hydrogen-bond donors (Lipinski definition) is 1. The van der Waals surface area contributed by atoms with Crippen molar-refractivity contribution in [3.05, 3.63) is 70.3 Å². The van der Waals surface area contributed by atoms with E-state index in [0.29, 0.717) is 22.9 Å². The molecule has 6 nitrogen and oxygen atoms in total. The van der Waals surface area contributed by atoms with E-state index in [2.05, 4.69) is 18.7 Å². The summed E-state index contributed by atoms with van der Waals surface area (Å²) in [7, 11) is 1.50. The molecule has 0 aromatic heterocycles. The molecule has 0 bridgehead atoms. The molecular formula is C25H29ClN2O4. The summed E-state index contributed by atoms with van der Waals surface area (Å²) in [5.41, 5.74) is 1.21. The van der Waals surface area contributed by atoms with Crippen LogP contribution < -0.4 is 4.74 Å². The van der Waals surface area contributed by atoms with E-state index in [-0.39, 0.29) is 11.3 Å². The summed E-state index contributed by atoms with van der Waals surface area (Å²) >= 11 is 6.23. The largest absolute Gasteiger partial charge is 0.507 e. The van der Waals surface area contributed by atoms with E-state index in [1.54, 1.807) is 17.0 Å². The van der Waals surface area contributed by atoms with Gasteiger partial charge in [-0.15, -0.1) is 0 Å². The van der Waals surface area contributed by atoms with Gasteiger partial charge in [-0.2, -0.15) is 0 Å². The van der Waals surface area contributed by atoms with Crippen LogP contribution in [0.25, 0.3) is 5.76 Å². The van der Waals surface area contributed by atoms with Gasteiger partial charge >= 0.3 is 0 Å². The van der Waals surface area contributed by atoms with Crippen molar-refractivity contribution in [3.8, 4) is 5.75 Å². The van der Waals surface area contributed by atoms with Gasteiger partial charge in [0.15, 0.2) is 0 Å². The lowest BCUT2D eigenvalue weighted by Crippen LogP contribution is -2.33. The van der Waals surface area contributed by atoms with Gasteiger partial charge in [0.05, 0.1) is 23.7 Å². The molecule has 0 spiro atoms. The second kappa shape index (κ2) is 10.7. The lowest BCUT2D eigenvalue weighted by Gasteiger charge is -2.26. The number of nitrogens with zero attached hydrogens (tertiary/aromatic N) is 2. The molecule has 1 aliphatic rings. The molecule has 2 aromatic rings. The van der Waals surface area contributed by atoms with E-state index in [9.17, 15) is 14.7 Å². The summed E-state index contributed by atoms with van der Waals surface area (Å²) in [6.07, 6.45) is 0.729. The number of ketones is 1. The zero-order valence-corrected chi connectivity index (χ0v) is 19.4. The van der Waals surface area contributed by atoms with Crippen molar-refractivity contribution in [1.29, 1.82) is 0 Å². The van der Waals surface area contributed by atoms with Gasteiger partial charge in [-0.1, -0.05) is 55.8 Å². The molecule has 0 radical (unpaired) electrons. The topological polar surface area (TPSA) is 70.1 Å². The zero-order valence-electron chi connectivity index (χ0n) is 18.7. The van der Waals surface area contributed by atoms with Crippen LogP contribution in [-0.2, 0) is 9.59 Å². The molecule has 2 aromatic carbocycles. The summed E-state index contributed by atoms with van der Waals surface area (Å²) in [6, 6.07) is 13.4. The smallest absolute Gasteiger partial charge is 0.295 e. The third-order valence-electron chi connectivity index (χ3n) is 5.85. The molecule has 0 saturated carbocycles. The molecule has 170 valence electrons. The first-order chi connectivity index (χ1) is 15.4. The number of aliphatic hydroxyl groups excluding tert-OH is 1. The van der Waals surface area contributed by atoms with Gasteiger partial charge in [-0.3, -0.25) is 9.59 Å². The lowest BCUT2D eigenvalue weighted by molar-refractivity contribution is -0.140. The number of aliphatic hydroxyl groups is 1. The molecule has 0 aliphatic carbocycles. The highest BCUT2D eigenvalue weighted by atomic mass is 35.5. The van der Waals surface area contributed by atoms with E-state index < -0.39 is 17.7 Å². The molecule has 1 saturated heterocycles. The Bertz CT molecular complexity index is 1000. The minimum atomic E-state index is -0.689. The summed E-state index contributed by atoms with van der Waals surface area (Å²) < 4.78 is 5.17. The number of halogens is 1. The maximum Gasteiger partial charge on any atom is 0.295 e. The van der Waals surface area contributed by atoms with Crippen LogP contribution in [0.5, 0.6) is 5.75 Å². The third kappa shape index (κ3) is 4.81. The SMILES string of the molecule is CCN(CC)CCCN1C(=O)C(=O)/C(=C(/O)c2ccc(OC)c(Cl)c2)[C@@H]1c1ccccc1. The van der Waals surface area contributed by atoms with Crippen LogP contribution in [0, 0.1) is 0 Å². The summed E-state index contributed by atoms with van der Waals surface area (Å²) in [6.45, 7) is 7.29. The van der Waals surface area contributed by atoms with Gasteiger partial charge in [0.25, 0.3) is 11.7 Å². The van der Waals surface area contributed by atoms with Crippen LogP contribution in [-0.4, -0.2) is 59.9 Å². The van der Waals surface area contributed by atoms with Crippen molar-refractivity contribution in [2.45, 2.75) is 26.3 Å². The second-order valence-corrected chi connectivity index (χ2v) is 8.04. The Balaban J connectivity index is 2.02. The minimum absolute atomic E-state index is 0.0743. The number of hydrogen-bond acceptors (Lipinski definition) is 5. The summed E-state index contributed by atoms with van der Waals surface area (Å²) in [5.74, 6) is -1.07. The Labute approximate surface area is 194 Å². The quantitative estimate of drug-likeness (QED) is 0.341. The third-order valence-corrected chi connectivity index (χ3v) is 6.14. The van der Waals surface area contributed by atoms with Crippen molar-refractivity contribution in [2.75, 3.05) is 33.3 Å². The zero-order chi connectivity index (χ0) is 23.3. The molecule has 0 unspecified atom stereocenters. The molecule has 1 atom stereocenters. The maximum absolute atomic E-state index is 13.1. The molecule has 1 N–H and O–H groups in total. The fourth-order valence-electron chi connectivity index (χ4n) is 4.07. The van der Waals surface area contributed by atoms with Crippen molar-refractivity contribution in [3.63, 3.8) is 0 Å². The number of Topliss-reactive ketones (excluding diaryl/α,β-unsaturated/α-hetero) is 1. The average molecular weight is 457 g/mol. The number of amides is 1. The van der Waals surface area contributed by atoms with E-state index in [4.69, 9.17) is 16.3 Å². The van der Waals surface area contributed by atoms with Gasteiger partial charge in [-0.05, 0) is 49.8 Å². The first kappa shape index (κ1) is 23.8. The van der Waals surface area contributed by atoms with E-state index in [1.165, 1.54) is 13.2 Å². The summed E-state index contributed by atoms with van der Waals surface area (Å²) in [4.78, 5) is 29.9. The number of benzene rings is 2. The number of ether oxygens (including phenoxy) is 1. The highest BCUT2D eigenvalue weighted by Crippen LogP contribution is 2.40. The number of carbonyl (C=O) groups excluding carboxylic acids is 2. The summed E-state index contributed by atoms with van der Waals surface area (Å²) in [5, 5.41) is 11.4. The van der Waals surface area contributed by atoms with Crippen LogP contribution in [0.4, 0.5) is 0 Å². The van der Waals surface area contributed by atoms with Gasteiger partial charge in [0.2, 0.25) is 0 Å². The first-order valence-electron chi connectivity index (χ1n) is 10.8. The predicted octanol–water partition coefficient (Wildman–Crippen LogP) is 4.50. The average Bonchev–Trinajstić information content (AvgIpc) is 3.06. The van der Waals surface area contributed by atoms with Gasteiger partial charge in [-0.25, -0.2) is 0 Å². The van der Waals surface area contributed by atoms with E-state index in [0.717, 1.165) is 31.6 Å². The van der Waals surface area contributed by atoms with Crippen LogP contribution in [0.1, 0.15) is 37.4 Å². The number of rotatable bonds is 9. The second-order valence-electron chi connectivity index (χ2n) is 7.63. The fourth-order valence-corrected chi connectivity index (χ4v) is 4.32. The van der Waals surface area contributed by atoms with Crippen LogP contribution in [0.2, 0.25) is 5.02 Å². The normalized spacial score (nSPS) is 17.9. The number of likely N-dealkylation sites (tertiary alicyclic amines) is 1. The fraction of sp³-hybridized carbons (Fsp3) is 0.360. The monoisotopic (exact) mass is 456 g/mol. The first-order valence-corrected chi connectivity index (χ1v) is 11.2. The van der Waals surface area contributed by atoms with Crippen molar-refractivity contribution in [2.24, 2.45) is 0 Å². The van der Waals surface area contributed by atoms with Crippen molar-refractivity contribution >= 4 is 29.1 Å². The Kier molecular flexibility index (Phi) is 7.94. The molecule has 1 amide bonds. The van der Waals surface area contributed by atoms with Crippen LogP contribution in [0.15, 0.2) is 54.1 Å². The Hall–Kier alpha value is -2.83. The highest BCUT2D eigenvalue weighted by Gasteiger charge is 2.45. The maximum atomic E-state index is 13.1. The Morgan fingerprint density at radius 3 is 2.41 bits per heavy atom. The van der Waals surface area contributed by atoms with Crippen LogP contribution >= 0.6 is 11.6 Å². The van der Waals surface area contributed by atoms with Gasteiger partial charge in [0.1, 0.15) is 11.5 Å². The molecule has 32 heavy (non-hydrogen) atoms. The van der Waals surface area contributed by atoms with Crippen LogP contribution in [0.3, 0.4) is 0 Å². The van der Waals surface area contributed by atoms with Crippen molar-refractivity contribution in [1.82, 2.24) is 9.80 Å². The highest BCUT2D eigenvalue weighted by molar-refractivity contribution is 6.46. The molecular weight excluding hydrogens is 428 g/mol. The number of carbonyl (C=O) groups is 2. The molecule has 7 heteroatoms. The molecule has 3 rings (SSSR count). The van der Waals surface area contributed by atoms with Gasteiger partial charge in [0, 0.05) is 12.1 Å². The molecule has 1 fully saturated rings. The standard InChI is InChI=1S/C25H29ClN2O4/c1-4-27(5-2)14-9-15-28-22(17-10-7-6-8-11-17)21(24(30)25(28)31)23(29)18-12-13-20(32-3)19(26)16-18/h6-8,10-13,16,22,29H,4-5,9,14-15H2,1-3H3/b23-21+/t22-/m0/s1. The van der Waals surface area contributed by atoms with E-state index >= 15 is 0 Å². The van der Waals surface area contributed by atoms with E-state index in [1.807, 2.05) is 30.3 Å². The van der Waals surface area contributed by atoms with Gasteiger partial charge < -0.3 is 19.6 Å². The number of methoxy groups -OCH3 is 1. The predicted molar refractivity (Wildman–Crippen MR) is 126 cm³/mol. The lowest BCUT2D eigenvalue weighted by atomic mass is 9.95.